The highest BCUT2D eigenvalue weighted by atomic mass is 35.5. The van der Waals surface area contributed by atoms with Crippen LogP contribution in [-0.2, 0) is 11.2 Å². The highest BCUT2D eigenvalue weighted by Crippen LogP contribution is 2.08. The van der Waals surface area contributed by atoms with Crippen molar-refractivity contribution in [3.05, 3.63) is 48.5 Å². The molecule has 0 aliphatic rings. The van der Waals surface area contributed by atoms with E-state index in [-0.39, 0.29) is 31.2 Å². The number of nitrogens with two attached hydrogens (primary N) is 1. The third kappa shape index (κ3) is 4.55. The Morgan fingerprint density at radius 2 is 1.95 bits per heavy atom. The second-order valence-corrected chi connectivity index (χ2v) is 3.76. The Balaban J connectivity index is 0.00000162. The number of carboxylic acid groups (broad SMARTS) is 1. The van der Waals surface area contributed by atoms with Crippen molar-refractivity contribution in [2.24, 2.45) is 5.73 Å². The smallest absolute Gasteiger partial charge is 0.320 e. The van der Waals surface area contributed by atoms with Gasteiger partial charge in [0.05, 0.1) is 12.0 Å². The average molecular weight is 304 g/mol. The van der Waals surface area contributed by atoms with E-state index in [1.807, 2.05) is 34.9 Å². The van der Waals surface area contributed by atoms with Gasteiger partial charge >= 0.3 is 5.97 Å². The van der Waals surface area contributed by atoms with Crippen LogP contribution >= 0.6 is 24.8 Å². The van der Waals surface area contributed by atoms with Crippen molar-refractivity contribution in [1.82, 2.24) is 9.55 Å². The number of aliphatic carboxylic acids is 1. The Kier molecular flexibility index (Phi) is 7.14. The monoisotopic (exact) mass is 303 g/mol. The number of imidazole rings is 1. The standard InChI is InChI=1S/C12H13N3O2.2ClH/c13-11(12(16)17)6-9-7-15(8-14-9)10-4-2-1-3-5-10;;/h1-5,7-8,11H,6,13H2,(H,16,17);2*1H/t11-;;/m0../s1. The molecule has 0 aliphatic carbocycles. The zero-order valence-corrected chi connectivity index (χ0v) is 11.6. The van der Waals surface area contributed by atoms with E-state index >= 15 is 0 Å². The zero-order valence-electron chi connectivity index (χ0n) is 9.97. The Bertz CT molecular complexity index is 517. The molecule has 0 spiro atoms. The fourth-order valence-electron chi connectivity index (χ4n) is 1.52. The second-order valence-electron chi connectivity index (χ2n) is 3.76. The van der Waals surface area contributed by atoms with Gasteiger partial charge in [-0.05, 0) is 12.1 Å². The fourth-order valence-corrected chi connectivity index (χ4v) is 1.52. The number of carboxylic acids is 1. The van der Waals surface area contributed by atoms with Crippen LogP contribution in [0.3, 0.4) is 0 Å². The average Bonchev–Trinajstić information content (AvgIpc) is 2.78. The molecule has 7 heteroatoms. The van der Waals surface area contributed by atoms with Crippen LogP contribution in [0.2, 0.25) is 0 Å². The molecule has 0 bridgehead atoms. The van der Waals surface area contributed by atoms with E-state index in [2.05, 4.69) is 4.98 Å². The number of carbonyl (C=O) groups is 1. The highest BCUT2D eigenvalue weighted by molar-refractivity contribution is 5.85. The molecule has 0 unspecified atom stereocenters. The molecular weight excluding hydrogens is 289 g/mol. The molecule has 2 aromatic rings. The maximum absolute atomic E-state index is 10.6. The summed E-state index contributed by atoms with van der Waals surface area (Å²) in [7, 11) is 0. The molecule has 0 aliphatic heterocycles. The van der Waals surface area contributed by atoms with E-state index in [0.29, 0.717) is 5.69 Å². The summed E-state index contributed by atoms with van der Waals surface area (Å²) in [6.45, 7) is 0. The van der Waals surface area contributed by atoms with Crippen molar-refractivity contribution in [1.29, 1.82) is 0 Å². The number of benzene rings is 1. The van der Waals surface area contributed by atoms with Crippen LogP contribution in [0.1, 0.15) is 5.69 Å². The van der Waals surface area contributed by atoms with E-state index < -0.39 is 12.0 Å². The van der Waals surface area contributed by atoms with Gasteiger partial charge in [0.15, 0.2) is 0 Å². The number of aromatic nitrogens is 2. The normalized spacial score (nSPS) is 11.0. The molecule has 1 heterocycles. The summed E-state index contributed by atoms with van der Waals surface area (Å²) in [5, 5.41) is 8.71. The van der Waals surface area contributed by atoms with Crippen molar-refractivity contribution in [3.63, 3.8) is 0 Å². The van der Waals surface area contributed by atoms with Crippen LogP contribution in [-0.4, -0.2) is 26.7 Å². The zero-order chi connectivity index (χ0) is 12.3. The molecular formula is C12H15Cl2N3O2. The number of hydrogen-bond donors (Lipinski definition) is 2. The molecule has 1 atom stereocenters. The third-order valence-electron chi connectivity index (χ3n) is 2.44. The molecule has 104 valence electrons. The molecule has 0 amide bonds. The van der Waals surface area contributed by atoms with Crippen LogP contribution in [0.15, 0.2) is 42.9 Å². The molecule has 2 rings (SSSR count). The molecule has 1 aromatic heterocycles. The van der Waals surface area contributed by atoms with Gasteiger partial charge in [0.25, 0.3) is 0 Å². The lowest BCUT2D eigenvalue weighted by Gasteiger charge is -2.02. The van der Waals surface area contributed by atoms with Gasteiger partial charge in [0.1, 0.15) is 6.04 Å². The molecule has 19 heavy (non-hydrogen) atoms. The summed E-state index contributed by atoms with van der Waals surface area (Å²) in [6, 6.07) is 8.78. The maximum Gasteiger partial charge on any atom is 0.320 e. The molecule has 1 aromatic carbocycles. The maximum atomic E-state index is 10.6. The fraction of sp³-hybridized carbons (Fsp3) is 0.167. The number of para-hydroxylation sites is 1. The first-order valence-corrected chi connectivity index (χ1v) is 5.23. The summed E-state index contributed by atoms with van der Waals surface area (Å²) in [5.41, 5.74) is 7.10. The van der Waals surface area contributed by atoms with Gasteiger partial charge in [0, 0.05) is 18.3 Å². The Morgan fingerprint density at radius 1 is 1.32 bits per heavy atom. The van der Waals surface area contributed by atoms with E-state index in [1.165, 1.54) is 0 Å². The van der Waals surface area contributed by atoms with Crippen molar-refractivity contribution < 1.29 is 9.90 Å². The SMILES string of the molecule is Cl.Cl.N[C@@H](Cc1cn(-c2ccccc2)cn1)C(=O)O. The molecule has 0 fully saturated rings. The second kappa shape index (κ2) is 7.78. The lowest BCUT2D eigenvalue weighted by Crippen LogP contribution is -2.32. The summed E-state index contributed by atoms with van der Waals surface area (Å²) in [6.07, 6.45) is 3.67. The van der Waals surface area contributed by atoms with Crippen molar-refractivity contribution in [3.8, 4) is 5.69 Å². The Hall–Kier alpha value is -1.56. The van der Waals surface area contributed by atoms with Crippen molar-refractivity contribution >= 4 is 30.8 Å². The van der Waals surface area contributed by atoms with E-state index in [4.69, 9.17) is 10.8 Å². The Morgan fingerprint density at radius 3 is 2.53 bits per heavy atom. The number of rotatable bonds is 4. The van der Waals surface area contributed by atoms with Crippen LogP contribution in [0.5, 0.6) is 0 Å². The van der Waals surface area contributed by atoms with Crippen LogP contribution in [0.4, 0.5) is 0 Å². The first-order valence-electron chi connectivity index (χ1n) is 5.23. The predicted molar refractivity (Wildman–Crippen MR) is 77.4 cm³/mol. The van der Waals surface area contributed by atoms with Gasteiger partial charge in [-0.3, -0.25) is 4.79 Å². The van der Waals surface area contributed by atoms with Crippen LogP contribution in [0.25, 0.3) is 5.69 Å². The van der Waals surface area contributed by atoms with Gasteiger partial charge in [-0.1, -0.05) is 18.2 Å². The van der Waals surface area contributed by atoms with Gasteiger partial charge in [-0.15, -0.1) is 24.8 Å². The van der Waals surface area contributed by atoms with Gasteiger partial charge in [-0.2, -0.15) is 0 Å². The van der Waals surface area contributed by atoms with Crippen LogP contribution < -0.4 is 5.73 Å². The first kappa shape index (κ1) is 17.4. The van der Waals surface area contributed by atoms with E-state index in [1.54, 1.807) is 12.5 Å². The van der Waals surface area contributed by atoms with Crippen LogP contribution in [0, 0.1) is 0 Å². The molecule has 5 nitrogen and oxygen atoms in total. The largest absolute Gasteiger partial charge is 0.480 e. The minimum atomic E-state index is -1.01. The Labute approximate surface area is 123 Å². The minimum absolute atomic E-state index is 0. The lowest BCUT2D eigenvalue weighted by molar-refractivity contribution is -0.138. The summed E-state index contributed by atoms with van der Waals surface area (Å²) < 4.78 is 1.84. The van der Waals surface area contributed by atoms with Gasteiger partial charge in [-0.25, -0.2) is 4.98 Å². The van der Waals surface area contributed by atoms with E-state index in [9.17, 15) is 4.79 Å². The molecule has 3 N–H and O–H groups in total. The number of hydrogen-bond acceptors (Lipinski definition) is 3. The molecule has 0 saturated heterocycles. The summed E-state index contributed by atoms with van der Waals surface area (Å²) in [4.78, 5) is 14.8. The summed E-state index contributed by atoms with van der Waals surface area (Å²) in [5.74, 6) is -1.01. The highest BCUT2D eigenvalue weighted by Gasteiger charge is 2.13. The summed E-state index contributed by atoms with van der Waals surface area (Å²) >= 11 is 0. The third-order valence-corrected chi connectivity index (χ3v) is 2.44. The van der Waals surface area contributed by atoms with Gasteiger partial charge in [0.2, 0.25) is 0 Å². The molecule has 0 saturated carbocycles. The van der Waals surface area contributed by atoms with Gasteiger partial charge < -0.3 is 15.4 Å². The topological polar surface area (TPSA) is 81.1 Å². The number of halogens is 2. The molecule has 0 radical (unpaired) electrons. The first-order chi connectivity index (χ1) is 8.16. The number of nitrogens with zero attached hydrogens (tertiary/aromatic N) is 2. The minimum Gasteiger partial charge on any atom is -0.480 e. The lowest BCUT2D eigenvalue weighted by atomic mass is 10.2. The quantitative estimate of drug-likeness (QED) is 0.900. The van der Waals surface area contributed by atoms with Crippen molar-refractivity contribution in [2.45, 2.75) is 12.5 Å². The van der Waals surface area contributed by atoms with Crippen molar-refractivity contribution in [2.75, 3.05) is 0 Å². The predicted octanol–water partition coefficient (Wildman–Crippen LogP) is 1.67. The van der Waals surface area contributed by atoms with E-state index in [0.717, 1.165) is 5.69 Å².